The highest BCUT2D eigenvalue weighted by Gasteiger charge is 2.17. The zero-order chi connectivity index (χ0) is 33.0. The van der Waals surface area contributed by atoms with Crippen LogP contribution < -0.4 is 0 Å². The minimum Gasteiger partial charge on any atom is -0.309 e. The number of para-hydroxylation sites is 2. The molecule has 2 nitrogen and oxygen atoms in total. The average molecular weight is 637 g/mol. The van der Waals surface area contributed by atoms with Crippen molar-refractivity contribution in [2.24, 2.45) is 0 Å². The third-order valence-corrected chi connectivity index (χ3v) is 10.1. The number of nitrogens with zero attached hydrogens (tertiary/aromatic N) is 2. The Labute approximate surface area is 290 Å². The molecule has 0 saturated carbocycles. The van der Waals surface area contributed by atoms with Gasteiger partial charge in [-0.05, 0) is 94.0 Å². The van der Waals surface area contributed by atoms with Crippen LogP contribution in [-0.2, 0) is 0 Å². The minimum absolute atomic E-state index is 1.16. The van der Waals surface area contributed by atoms with Gasteiger partial charge < -0.3 is 9.13 Å². The van der Waals surface area contributed by atoms with Crippen molar-refractivity contribution >= 4 is 43.6 Å². The van der Waals surface area contributed by atoms with Gasteiger partial charge in [-0.1, -0.05) is 133 Å². The third-order valence-electron chi connectivity index (χ3n) is 10.1. The van der Waals surface area contributed by atoms with Crippen LogP contribution in [0.5, 0.6) is 0 Å². The number of aromatic nitrogens is 2. The van der Waals surface area contributed by atoms with Crippen molar-refractivity contribution in [3.63, 3.8) is 0 Å². The summed E-state index contributed by atoms with van der Waals surface area (Å²) < 4.78 is 4.80. The highest BCUT2D eigenvalue weighted by atomic mass is 15.0. The largest absolute Gasteiger partial charge is 0.309 e. The molecule has 0 saturated heterocycles. The van der Waals surface area contributed by atoms with Crippen LogP contribution >= 0.6 is 0 Å². The molecule has 2 heteroatoms. The lowest BCUT2D eigenvalue weighted by Gasteiger charge is -2.11. The first-order valence-electron chi connectivity index (χ1n) is 17.2. The lowest BCUT2D eigenvalue weighted by atomic mass is 9.99. The first-order valence-corrected chi connectivity index (χ1v) is 17.2. The molecular weight excluding hydrogens is 605 g/mol. The van der Waals surface area contributed by atoms with Crippen LogP contribution in [0.2, 0.25) is 0 Å². The van der Waals surface area contributed by atoms with Gasteiger partial charge in [0.1, 0.15) is 0 Å². The molecule has 0 aliphatic rings. The number of benzene rings is 8. The van der Waals surface area contributed by atoms with Crippen molar-refractivity contribution in [3.05, 3.63) is 194 Å². The molecule has 2 heterocycles. The highest BCUT2D eigenvalue weighted by Crippen LogP contribution is 2.39. The van der Waals surface area contributed by atoms with E-state index >= 15 is 0 Å². The molecule has 0 N–H and O–H groups in total. The maximum absolute atomic E-state index is 2.41. The Morgan fingerprint density at radius 2 is 0.620 bits per heavy atom. The molecule has 0 spiro atoms. The summed E-state index contributed by atoms with van der Waals surface area (Å²) in [4.78, 5) is 0. The van der Waals surface area contributed by atoms with Gasteiger partial charge >= 0.3 is 0 Å². The fourth-order valence-corrected chi connectivity index (χ4v) is 7.73. The molecule has 0 bridgehead atoms. The Morgan fingerprint density at radius 3 is 1.28 bits per heavy atom. The van der Waals surface area contributed by atoms with Crippen molar-refractivity contribution in [2.75, 3.05) is 0 Å². The second-order valence-electron chi connectivity index (χ2n) is 13.0. The van der Waals surface area contributed by atoms with Gasteiger partial charge in [-0.25, -0.2) is 0 Å². The number of hydrogen-bond acceptors (Lipinski definition) is 0. The topological polar surface area (TPSA) is 9.86 Å². The zero-order valence-corrected chi connectivity index (χ0v) is 27.4. The van der Waals surface area contributed by atoms with E-state index < -0.39 is 0 Å². The predicted octanol–water partition coefficient (Wildman–Crippen LogP) is 12.9. The van der Waals surface area contributed by atoms with Gasteiger partial charge in [-0.2, -0.15) is 0 Å². The molecule has 50 heavy (non-hydrogen) atoms. The van der Waals surface area contributed by atoms with Gasteiger partial charge in [0.15, 0.2) is 0 Å². The second-order valence-corrected chi connectivity index (χ2v) is 13.0. The summed E-state index contributed by atoms with van der Waals surface area (Å²) in [6.45, 7) is 0. The molecule has 8 aromatic carbocycles. The number of fused-ring (bicyclic) bond motifs is 6. The smallest absolute Gasteiger partial charge is 0.0547 e. The van der Waals surface area contributed by atoms with Crippen molar-refractivity contribution in [3.8, 4) is 44.8 Å². The summed E-state index contributed by atoms with van der Waals surface area (Å²) >= 11 is 0. The monoisotopic (exact) mass is 636 g/mol. The zero-order valence-electron chi connectivity index (χ0n) is 27.4. The van der Waals surface area contributed by atoms with Crippen LogP contribution in [0.4, 0.5) is 0 Å². The van der Waals surface area contributed by atoms with Gasteiger partial charge in [-0.3, -0.25) is 0 Å². The molecular formula is C48H32N2. The van der Waals surface area contributed by atoms with Gasteiger partial charge in [0, 0.05) is 32.9 Å². The Kier molecular flexibility index (Phi) is 6.53. The Bertz CT molecular complexity index is 2820. The van der Waals surface area contributed by atoms with Crippen molar-refractivity contribution in [1.82, 2.24) is 9.13 Å². The quantitative estimate of drug-likeness (QED) is 0.178. The normalized spacial score (nSPS) is 11.6. The summed E-state index contributed by atoms with van der Waals surface area (Å²) in [7, 11) is 0. The van der Waals surface area contributed by atoms with Crippen LogP contribution in [0.25, 0.3) is 88.4 Å². The van der Waals surface area contributed by atoms with E-state index in [9.17, 15) is 0 Å². The van der Waals surface area contributed by atoms with Crippen molar-refractivity contribution in [1.29, 1.82) is 0 Å². The lowest BCUT2D eigenvalue weighted by Crippen LogP contribution is -1.94. The molecule has 234 valence electrons. The molecule has 10 aromatic rings. The highest BCUT2D eigenvalue weighted by molar-refractivity contribution is 6.13. The second kappa shape index (κ2) is 11.5. The summed E-state index contributed by atoms with van der Waals surface area (Å²) in [6, 6.07) is 70.4. The van der Waals surface area contributed by atoms with E-state index in [1.54, 1.807) is 0 Å². The SMILES string of the molecule is c1ccc(-c2ccc(-n3c4ccccc4c4ccc(-c5ccc6c(c5)c5cc(-c7ccccc7)ccc5n6-c5ccccc5)cc43)cc2)cc1. The van der Waals surface area contributed by atoms with E-state index in [-0.39, 0.29) is 0 Å². The van der Waals surface area contributed by atoms with E-state index in [2.05, 4.69) is 203 Å². The van der Waals surface area contributed by atoms with Gasteiger partial charge in [-0.15, -0.1) is 0 Å². The number of rotatable bonds is 5. The maximum atomic E-state index is 2.41. The molecule has 0 aliphatic heterocycles. The van der Waals surface area contributed by atoms with Gasteiger partial charge in [0.05, 0.1) is 22.1 Å². The Balaban J connectivity index is 1.16. The average Bonchev–Trinajstić information content (AvgIpc) is 3.70. The summed E-state index contributed by atoms with van der Waals surface area (Å²) in [5, 5.41) is 5.01. The summed E-state index contributed by atoms with van der Waals surface area (Å²) in [5.41, 5.74) is 14.4. The van der Waals surface area contributed by atoms with E-state index in [1.165, 1.54) is 77.0 Å². The molecule has 0 amide bonds. The third kappa shape index (κ3) is 4.57. The van der Waals surface area contributed by atoms with E-state index in [0.717, 1.165) is 11.4 Å². The summed E-state index contributed by atoms with van der Waals surface area (Å²) in [6.07, 6.45) is 0. The molecule has 0 radical (unpaired) electrons. The molecule has 0 unspecified atom stereocenters. The van der Waals surface area contributed by atoms with Crippen LogP contribution in [0.1, 0.15) is 0 Å². The molecule has 0 atom stereocenters. The van der Waals surface area contributed by atoms with Crippen LogP contribution in [-0.4, -0.2) is 9.13 Å². The first kappa shape index (κ1) is 28.4. The van der Waals surface area contributed by atoms with Crippen molar-refractivity contribution < 1.29 is 0 Å². The fraction of sp³-hybridized carbons (Fsp3) is 0. The maximum Gasteiger partial charge on any atom is 0.0547 e. The Morgan fingerprint density at radius 1 is 0.220 bits per heavy atom. The van der Waals surface area contributed by atoms with Gasteiger partial charge in [0.2, 0.25) is 0 Å². The predicted molar refractivity (Wildman–Crippen MR) is 211 cm³/mol. The molecule has 2 aromatic heterocycles. The minimum atomic E-state index is 1.16. The fourth-order valence-electron chi connectivity index (χ4n) is 7.73. The Hall–Kier alpha value is -6.64. The van der Waals surface area contributed by atoms with E-state index in [0.29, 0.717) is 0 Å². The first-order chi connectivity index (χ1) is 24.8. The van der Waals surface area contributed by atoms with Crippen molar-refractivity contribution in [2.45, 2.75) is 0 Å². The van der Waals surface area contributed by atoms with Crippen LogP contribution in [0, 0.1) is 0 Å². The molecule has 0 aliphatic carbocycles. The number of hydrogen-bond donors (Lipinski definition) is 0. The molecule has 10 rings (SSSR count). The summed E-state index contributed by atoms with van der Waals surface area (Å²) in [5.74, 6) is 0. The van der Waals surface area contributed by atoms with Crippen LogP contribution in [0.15, 0.2) is 194 Å². The molecule has 0 fully saturated rings. The van der Waals surface area contributed by atoms with Crippen LogP contribution in [0.3, 0.4) is 0 Å². The van der Waals surface area contributed by atoms with Gasteiger partial charge in [0.25, 0.3) is 0 Å². The lowest BCUT2D eigenvalue weighted by molar-refractivity contribution is 1.18. The van der Waals surface area contributed by atoms with E-state index in [1.807, 2.05) is 0 Å². The van der Waals surface area contributed by atoms with E-state index in [4.69, 9.17) is 0 Å². The standard InChI is InChI=1S/C48H32N2/c1-4-12-33(13-5-1)35-20-25-40(26-21-35)50-45-19-11-10-18-41(45)42-27-22-38(32-48(42)50)37-24-29-47-44(31-37)43-30-36(34-14-6-2-7-15-34)23-28-46(43)49(47)39-16-8-3-9-17-39/h1-32H.